The van der Waals surface area contributed by atoms with E-state index in [4.69, 9.17) is 9.47 Å². The number of carbonyl (C=O) groups is 2. The van der Waals surface area contributed by atoms with E-state index in [9.17, 15) is 9.59 Å². The Morgan fingerprint density at radius 2 is 1.30 bits per heavy atom. The number of benzene rings is 3. The number of hydrogen-bond acceptors (Lipinski definition) is 4. The highest BCUT2D eigenvalue weighted by molar-refractivity contribution is 6.04. The van der Waals surface area contributed by atoms with E-state index in [0.29, 0.717) is 23.6 Å². The molecule has 0 heterocycles. The van der Waals surface area contributed by atoms with E-state index in [2.05, 4.69) is 17.6 Å². The maximum absolute atomic E-state index is 12.5. The van der Waals surface area contributed by atoms with Crippen LogP contribution in [0.1, 0.15) is 42.6 Å². The highest BCUT2D eigenvalue weighted by Gasteiger charge is 2.08. The Bertz CT molecular complexity index is 1030. The molecule has 2 N–H and O–H groups in total. The fourth-order valence-electron chi connectivity index (χ4n) is 3.19. The number of hydrogen-bond donors (Lipinski definition) is 2. The van der Waals surface area contributed by atoms with Crippen molar-refractivity contribution in [3.8, 4) is 11.5 Å². The molecule has 0 saturated carbocycles. The molecular formula is C27H30N2O4. The Kier molecular flexibility index (Phi) is 8.88. The van der Waals surface area contributed by atoms with Gasteiger partial charge in [-0.1, -0.05) is 25.5 Å². The summed E-state index contributed by atoms with van der Waals surface area (Å²) in [6.07, 6.45) is 3.36. The van der Waals surface area contributed by atoms with Crippen LogP contribution in [0.25, 0.3) is 0 Å². The van der Waals surface area contributed by atoms with Crippen molar-refractivity contribution in [2.75, 3.05) is 23.8 Å². The van der Waals surface area contributed by atoms with Gasteiger partial charge in [0.25, 0.3) is 11.8 Å². The van der Waals surface area contributed by atoms with Crippen LogP contribution in [0.15, 0.2) is 72.8 Å². The quantitative estimate of drug-likeness (QED) is 0.396. The minimum Gasteiger partial charge on any atom is -0.494 e. The van der Waals surface area contributed by atoms with E-state index < -0.39 is 0 Å². The van der Waals surface area contributed by atoms with Crippen LogP contribution in [-0.4, -0.2) is 25.0 Å². The molecule has 0 aliphatic carbocycles. The van der Waals surface area contributed by atoms with Crippen molar-refractivity contribution < 1.29 is 19.1 Å². The van der Waals surface area contributed by atoms with E-state index in [0.717, 1.165) is 30.7 Å². The minimum atomic E-state index is -0.275. The molecular weight excluding hydrogens is 416 g/mol. The number of rotatable bonds is 11. The van der Waals surface area contributed by atoms with E-state index in [1.165, 1.54) is 5.56 Å². The summed E-state index contributed by atoms with van der Waals surface area (Å²) in [5, 5.41) is 5.67. The molecule has 0 aromatic heterocycles. The first-order chi connectivity index (χ1) is 16.1. The van der Waals surface area contributed by atoms with Gasteiger partial charge in [-0.25, -0.2) is 0 Å². The number of carbonyl (C=O) groups excluding carboxylic acids is 2. The Labute approximate surface area is 194 Å². The van der Waals surface area contributed by atoms with Crippen molar-refractivity contribution in [3.05, 3.63) is 83.9 Å². The van der Waals surface area contributed by atoms with E-state index >= 15 is 0 Å². The number of amides is 2. The Hall–Kier alpha value is -3.80. The molecule has 3 rings (SSSR count). The lowest BCUT2D eigenvalue weighted by atomic mass is 10.1. The molecule has 6 heteroatoms. The molecule has 0 aliphatic heterocycles. The van der Waals surface area contributed by atoms with Gasteiger partial charge in [0.15, 0.2) is 6.61 Å². The molecule has 0 fully saturated rings. The Morgan fingerprint density at radius 1 is 0.727 bits per heavy atom. The van der Waals surface area contributed by atoms with E-state index in [1.807, 2.05) is 31.2 Å². The van der Waals surface area contributed by atoms with Crippen LogP contribution in [0.5, 0.6) is 11.5 Å². The number of unbranched alkanes of at least 4 members (excludes halogenated alkanes) is 1. The summed E-state index contributed by atoms with van der Waals surface area (Å²) in [5.74, 6) is 0.785. The van der Waals surface area contributed by atoms with Gasteiger partial charge in [-0.3, -0.25) is 9.59 Å². The number of ether oxygens (including phenoxy) is 2. The van der Waals surface area contributed by atoms with Crippen LogP contribution < -0.4 is 20.1 Å². The number of nitrogens with one attached hydrogen (secondary N) is 2. The molecule has 0 unspecified atom stereocenters. The van der Waals surface area contributed by atoms with Gasteiger partial charge in [-0.2, -0.15) is 0 Å². The first kappa shape index (κ1) is 23.9. The summed E-state index contributed by atoms with van der Waals surface area (Å²) in [4.78, 5) is 24.6. The second-order valence-electron chi connectivity index (χ2n) is 7.57. The molecule has 0 atom stereocenters. The first-order valence-electron chi connectivity index (χ1n) is 11.2. The zero-order valence-electron chi connectivity index (χ0n) is 19.1. The molecule has 2 amide bonds. The van der Waals surface area contributed by atoms with Gasteiger partial charge in [-0.05, 0) is 86.0 Å². The summed E-state index contributed by atoms with van der Waals surface area (Å²) >= 11 is 0. The van der Waals surface area contributed by atoms with Crippen molar-refractivity contribution in [1.29, 1.82) is 0 Å². The average molecular weight is 447 g/mol. The molecule has 6 nitrogen and oxygen atoms in total. The predicted octanol–water partition coefficient (Wildman–Crippen LogP) is 5.70. The Morgan fingerprint density at radius 3 is 1.94 bits per heavy atom. The van der Waals surface area contributed by atoms with E-state index in [1.54, 1.807) is 48.5 Å². The standard InChI is InChI=1S/C27H30N2O4/c1-3-5-6-20-7-11-23(12-8-20)29-27(31)21-9-15-25(16-10-21)33-19-26(30)28-22-13-17-24(18-14-22)32-4-2/h7-18H,3-6,19H2,1-2H3,(H,28,30)(H,29,31). The fourth-order valence-corrected chi connectivity index (χ4v) is 3.19. The molecule has 0 spiro atoms. The van der Waals surface area contributed by atoms with Crippen LogP contribution >= 0.6 is 0 Å². The second-order valence-corrected chi connectivity index (χ2v) is 7.57. The summed E-state index contributed by atoms with van der Waals surface area (Å²) in [5.41, 5.74) is 3.20. The molecule has 3 aromatic carbocycles. The lowest BCUT2D eigenvalue weighted by Gasteiger charge is -2.10. The van der Waals surface area contributed by atoms with Crippen LogP contribution in [0.4, 0.5) is 11.4 Å². The van der Waals surface area contributed by atoms with Crippen LogP contribution in [0, 0.1) is 0 Å². The highest BCUT2D eigenvalue weighted by Crippen LogP contribution is 2.17. The summed E-state index contributed by atoms with van der Waals surface area (Å²) in [6, 6.07) is 21.8. The number of anilines is 2. The molecule has 172 valence electrons. The lowest BCUT2D eigenvalue weighted by Crippen LogP contribution is -2.20. The molecule has 0 saturated heterocycles. The van der Waals surface area contributed by atoms with Crippen molar-refractivity contribution in [1.82, 2.24) is 0 Å². The molecule has 3 aromatic rings. The zero-order chi connectivity index (χ0) is 23.5. The second kappa shape index (κ2) is 12.3. The third-order valence-electron chi connectivity index (χ3n) is 4.97. The van der Waals surface area contributed by atoms with Gasteiger partial charge in [0.1, 0.15) is 11.5 Å². The van der Waals surface area contributed by atoms with Crippen LogP contribution in [-0.2, 0) is 11.2 Å². The largest absolute Gasteiger partial charge is 0.494 e. The molecule has 0 bridgehead atoms. The summed E-state index contributed by atoms with van der Waals surface area (Å²) in [6.45, 7) is 4.54. The zero-order valence-corrected chi connectivity index (χ0v) is 19.1. The van der Waals surface area contributed by atoms with Gasteiger partial charge in [0.05, 0.1) is 6.61 Å². The summed E-state index contributed by atoms with van der Waals surface area (Å²) < 4.78 is 10.9. The van der Waals surface area contributed by atoms with Gasteiger partial charge in [0.2, 0.25) is 0 Å². The lowest BCUT2D eigenvalue weighted by molar-refractivity contribution is -0.118. The van der Waals surface area contributed by atoms with Crippen molar-refractivity contribution in [2.45, 2.75) is 33.1 Å². The Balaban J connectivity index is 1.46. The fraction of sp³-hybridized carbons (Fsp3) is 0.259. The third-order valence-corrected chi connectivity index (χ3v) is 4.97. The summed E-state index contributed by atoms with van der Waals surface area (Å²) in [7, 11) is 0. The van der Waals surface area contributed by atoms with Crippen molar-refractivity contribution >= 4 is 23.2 Å². The van der Waals surface area contributed by atoms with Gasteiger partial charge in [-0.15, -0.1) is 0 Å². The SMILES string of the molecule is CCCCc1ccc(NC(=O)c2ccc(OCC(=O)Nc3ccc(OCC)cc3)cc2)cc1. The van der Waals surface area contributed by atoms with Gasteiger partial charge < -0.3 is 20.1 Å². The number of aryl methyl sites for hydroxylation is 1. The topological polar surface area (TPSA) is 76.7 Å². The van der Waals surface area contributed by atoms with Crippen LogP contribution in [0.2, 0.25) is 0 Å². The van der Waals surface area contributed by atoms with Gasteiger partial charge >= 0.3 is 0 Å². The normalized spacial score (nSPS) is 10.4. The molecule has 0 radical (unpaired) electrons. The average Bonchev–Trinajstić information content (AvgIpc) is 2.84. The highest BCUT2D eigenvalue weighted by atomic mass is 16.5. The van der Waals surface area contributed by atoms with Crippen molar-refractivity contribution in [2.24, 2.45) is 0 Å². The maximum atomic E-state index is 12.5. The molecule has 33 heavy (non-hydrogen) atoms. The smallest absolute Gasteiger partial charge is 0.262 e. The van der Waals surface area contributed by atoms with Gasteiger partial charge in [0, 0.05) is 16.9 Å². The van der Waals surface area contributed by atoms with Crippen LogP contribution in [0.3, 0.4) is 0 Å². The monoisotopic (exact) mass is 446 g/mol. The van der Waals surface area contributed by atoms with E-state index in [-0.39, 0.29) is 18.4 Å². The predicted molar refractivity (Wildman–Crippen MR) is 131 cm³/mol. The third kappa shape index (κ3) is 7.68. The first-order valence-corrected chi connectivity index (χ1v) is 11.2. The maximum Gasteiger partial charge on any atom is 0.262 e. The minimum absolute atomic E-state index is 0.136. The molecule has 0 aliphatic rings. The van der Waals surface area contributed by atoms with Crippen molar-refractivity contribution in [3.63, 3.8) is 0 Å².